The van der Waals surface area contributed by atoms with Gasteiger partial charge in [-0.05, 0) is 28.5 Å². The quantitative estimate of drug-likeness (QED) is 0.250. The standard InChI is InChI=1S/C29H34O/c1-5-7-23-28(3,4)27(6-2)30-29(24-17-11-8-12-18-24,25-19-13-9-14-20-25)26-21-15-10-16-22-26/h6,8-22,27H,2,5,7,23H2,1,3-4H3. The van der Waals surface area contributed by atoms with E-state index in [1.54, 1.807) is 0 Å². The molecule has 1 nitrogen and oxygen atoms in total. The van der Waals surface area contributed by atoms with Crippen molar-refractivity contribution in [3.05, 3.63) is 120 Å². The maximum absolute atomic E-state index is 7.19. The van der Waals surface area contributed by atoms with Crippen molar-refractivity contribution < 1.29 is 4.74 Å². The third kappa shape index (κ3) is 4.57. The first-order valence-electron chi connectivity index (χ1n) is 11.0. The highest BCUT2D eigenvalue weighted by Gasteiger charge is 2.42. The maximum Gasteiger partial charge on any atom is 0.144 e. The van der Waals surface area contributed by atoms with Gasteiger partial charge in [0.15, 0.2) is 0 Å². The van der Waals surface area contributed by atoms with E-state index in [9.17, 15) is 0 Å². The largest absolute Gasteiger partial charge is 0.353 e. The highest BCUT2D eigenvalue weighted by Crippen LogP contribution is 2.44. The Hall–Kier alpha value is -2.64. The van der Waals surface area contributed by atoms with Crippen molar-refractivity contribution in [2.75, 3.05) is 0 Å². The molecule has 3 rings (SSSR count). The first-order chi connectivity index (χ1) is 14.5. The average Bonchev–Trinajstić information content (AvgIpc) is 2.80. The van der Waals surface area contributed by atoms with Crippen LogP contribution in [0.4, 0.5) is 0 Å². The number of rotatable bonds is 10. The SMILES string of the molecule is C=CC(OC(c1ccccc1)(c1ccccc1)c1ccccc1)C(C)(C)CCCC. The number of benzene rings is 3. The Morgan fingerprint density at radius 3 is 1.50 bits per heavy atom. The lowest BCUT2D eigenvalue weighted by atomic mass is 9.77. The summed E-state index contributed by atoms with van der Waals surface area (Å²) in [5, 5.41) is 0. The highest BCUT2D eigenvalue weighted by atomic mass is 16.5. The molecule has 1 unspecified atom stereocenters. The third-order valence-electron chi connectivity index (χ3n) is 6.00. The Kier molecular flexibility index (Phi) is 7.29. The van der Waals surface area contributed by atoms with E-state index in [0.29, 0.717) is 0 Å². The Labute approximate surface area is 182 Å². The molecule has 30 heavy (non-hydrogen) atoms. The van der Waals surface area contributed by atoms with Crippen molar-refractivity contribution in [3.8, 4) is 0 Å². The minimum Gasteiger partial charge on any atom is -0.353 e. The van der Waals surface area contributed by atoms with Crippen molar-refractivity contribution in [1.82, 2.24) is 0 Å². The van der Waals surface area contributed by atoms with Crippen LogP contribution in [0.5, 0.6) is 0 Å². The minimum absolute atomic E-state index is 0.0264. The number of ether oxygens (including phenoxy) is 1. The molecule has 0 saturated heterocycles. The topological polar surface area (TPSA) is 9.23 Å². The summed E-state index contributed by atoms with van der Waals surface area (Å²) >= 11 is 0. The van der Waals surface area contributed by atoms with Crippen LogP contribution in [0.15, 0.2) is 104 Å². The van der Waals surface area contributed by atoms with E-state index in [1.165, 1.54) is 12.8 Å². The van der Waals surface area contributed by atoms with Crippen molar-refractivity contribution in [3.63, 3.8) is 0 Å². The fraction of sp³-hybridized carbons (Fsp3) is 0.310. The van der Waals surface area contributed by atoms with E-state index in [-0.39, 0.29) is 11.5 Å². The molecule has 156 valence electrons. The molecule has 3 aromatic rings. The van der Waals surface area contributed by atoms with E-state index in [2.05, 4.69) is 118 Å². The van der Waals surface area contributed by atoms with Gasteiger partial charge in [0.2, 0.25) is 0 Å². The lowest BCUT2D eigenvalue weighted by molar-refractivity contribution is -0.0776. The molecule has 0 heterocycles. The smallest absolute Gasteiger partial charge is 0.144 e. The van der Waals surface area contributed by atoms with Gasteiger partial charge in [0.1, 0.15) is 5.60 Å². The van der Waals surface area contributed by atoms with Gasteiger partial charge in [-0.2, -0.15) is 0 Å². The molecular formula is C29H34O. The Bertz CT molecular complexity index is 800. The molecule has 0 aliphatic carbocycles. The first kappa shape index (κ1) is 22.1. The van der Waals surface area contributed by atoms with Gasteiger partial charge in [0, 0.05) is 0 Å². The summed E-state index contributed by atoms with van der Waals surface area (Å²) in [4.78, 5) is 0. The van der Waals surface area contributed by atoms with Gasteiger partial charge in [-0.15, -0.1) is 6.58 Å². The van der Waals surface area contributed by atoms with Crippen LogP contribution in [-0.4, -0.2) is 6.10 Å². The van der Waals surface area contributed by atoms with Gasteiger partial charge in [-0.25, -0.2) is 0 Å². The lowest BCUT2D eigenvalue weighted by Gasteiger charge is -2.43. The Morgan fingerprint density at radius 1 is 0.767 bits per heavy atom. The summed E-state index contributed by atoms with van der Waals surface area (Å²) in [5.74, 6) is 0. The van der Waals surface area contributed by atoms with Gasteiger partial charge in [0.25, 0.3) is 0 Å². The molecule has 0 aliphatic heterocycles. The van der Waals surface area contributed by atoms with Crippen LogP contribution >= 0.6 is 0 Å². The molecular weight excluding hydrogens is 364 g/mol. The van der Waals surface area contributed by atoms with Crippen LogP contribution in [0.3, 0.4) is 0 Å². The summed E-state index contributed by atoms with van der Waals surface area (Å²) in [6, 6.07) is 31.7. The van der Waals surface area contributed by atoms with E-state index in [4.69, 9.17) is 4.74 Å². The molecule has 1 atom stereocenters. The van der Waals surface area contributed by atoms with Crippen LogP contribution in [0.2, 0.25) is 0 Å². The molecule has 0 spiro atoms. The summed E-state index contributed by atoms with van der Waals surface area (Å²) in [7, 11) is 0. The van der Waals surface area contributed by atoms with Crippen molar-refractivity contribution in [1.29, 1.82) is 0 Å². The van der Waals surface area contributed by atoms with Crippen molar-refractivity contribution in [2.24, 2.45) is 5.41 Å². The summed E-state index contributed by atoms with van der Waals surface area (Å²) in [6.45, 7) is 11.0. The molecule has 0 N–H and O–H groups in total. The zero-order chi connectivity index (χ0) is 21.5. The monoisotopic (exact) mass is 398 g/mol. The predicted octanol–water partition coefficient (Wildman–Crippen LogP) is 7.77. The van der Waals surface area contributed by atoms with Crippen LogP contribution in [0.1, 0.15) is 56.7 Å². The second-order valence-corrected chi connectivity index (χ2v) is 8.65. The molecule has 0 fully saturated rings. The molecule has 3 aromatic carbocycles. The van der Waals surface area contributed by atoms with E-state index < -0.39 is 5.60 Å². The third-order valence-corrected chi connectivity index (χ3v) is 6.00. The van der Waals surface area contributed by atoms with Crippen LogP contribution in [-0.2, 0) is 10.3 Å². The van der Waals surface area contributed by atoms with E-state index in [1.807, 2.05) is 6.08 Å². The second kappa shape index (κ2) is 9.91. The average molecular weight is 399 g/mol. The van der Waals surface area contributed by atoms with Crippen molar-refractivity contribution in [2.45, 2.75) is 51.7 Å². The van der Waals surface area contributed by atoms with Crippen LogP contribution < -0.4 is 0 Å². The maximum atomic E-state index is 7.19. The normalized spacial score (nSPS) is 13.0. The van der Waals surface area contributed by atoms with Gasteiger partial charge in [-0.3, -0.25) is 0 Å². The van der Waals surface area contributed by atoms with Crippen LogP contribution in [0, 0.1) is 5.41 Å². The zero-order valence-electron chi connectivity index (χ0n) is 18.6. The molecule has 1 heteroatoms. The predicted molar refractivity (Wildman–Crippen MR) is 128 cm³/mol. The van der Waals surface area contributed by atoms with Crippen LogP contribution in [0.25, 0.3) is 0 Å². The Balaban J connectivity index is 2.22. The van der Waals surface area contributed by atoms with Crippen molar-refractivity contribution >= 4 is 0 Å². The van der Waals surface area contributed by atoms with Gasteiger partial charge < -0.3 is 4.74 Å². The van der Waals surface area contributed by atoms with Gasteiger partial charge in [-0.1, -0.05) is 131 Å². The first-order valence-corrected chi connectivity index (χ1v) is 11.0. The zero-order valence-corrected chi connectivity index (χ0v) is 18.6. The molecule has 0 aromatic heterocycles. The highest BCUT2D eigenvalue weighted by molar-refractivity contribution is 5.47. The van der Waals surface area contributed by atoms with E-state index >= 15 is 0 Å². The van der Waals surface area contributed by atoms with Gasteiger partial charge >= 0.3 is 0 Å². The molecule has 0 amide bonds. The number of hydrogen-bond acceptors (Lipinski definition) is 1. The number of hydrogen-bond donors (Lipinski definition) is 0. The summed E-state index contributed by atoms with van der Waals surface area (Å²) in [5.41, 5.74) is 2.63. The fourth-order valence-corrected chi connectivity index (χ4v) is 4.21. The summed E-state index contributed by atoms with van der Waals surface area (Å²) < 4.78 is 7.19. The fourth-order valence-electron chi connectivity index (χ4n) is 4.21. The molecule has 0 bridgehead atoms. The molecule has 0 saturated carbocycles. The Morgan fingerprint density at radius 2 is 1.17 bits per heavy atom. The number of unbranched alkanes of at least 4 members (excludes halogenated alkanes) is 1. The molecule has 0 aliphatic rings. The second-order valence-electron chi connectivity index (χ2n) is 8.65. The van der Waals surface area contributed by atoms with E-state index in [0.717, 1.165) is 23.1 Å². The molecule has 0 radical (unpaired) electrons. The van der Waals surface area contributed by atoms with Gasteiger partial charge in [0.05, 0.1) is 6.10 Å². The minimum atomic E-state index is -0.716. The lowest BCUT2D eigenvalue weighted by Crippen LogP contribution is -2.41. The summed E-state index contributed by atoms with van der Waals surface area (Å²) in [6.07, 6.45) is 5.32.